The number of carbonyl (C=O) groups is 1. The molecule has 2 aliphatic carbocycles. The molecule has 0 spiro atoms. The molecule has 0 aliphatic heterocycles. The van der Waals surface area contributed by atoms with E-state index in [1.807, 2.05) is 0 Å². The fraction of sp³-hybridized carbons (Fsp3) is 0.704. The van der Waals surface area contributed by atoms with E-state index >= 15 is 17.6 Å². The molecule has 36 heavy (non-hydrogen) atoms. The summed E-state index contributed by atoms with van der Waals surface area (Å²) in [5.74, 6) is -3.15. The van der Waals surface area contributed by atoms with Gasteiger partial charge in [-0.25, -0.2) is 26.7 Å². The second kappa shape index (κ2) is 12.9. The van der Waals surface area contributed by atoms with Crippen LogP contribution in [0.15, 0.2) is 29.2 Å². The standard InChI is InChI=1S/C27H36F5O3S/c1-2-3-4-5-6-7-16-34-19-10-8-18(9-11-19)27(32)22(28)17-26(31,23(29)24(27)30)25(33)35-20-12-14-21(36)15-13-20/h12-15,17-19,22-24,36H,2-11,16H2,1H3/t18-,19-,22?,23?,24?,26?,27?. The Kier molecular flexibility index (Phi) is 10.5. The molecule has 0 heterocycles. The van der Waals surface area contributed by atoms with Gasteiger partial charge in [0.2, 0.25) is 5.67 Å². The van der Waals surface area contributed by atoms with Crippen molar-refractivity contribution < 1.29 is 36.2 Å². The fourth-order valence-electron chi connectivity index (χ4n) is 5.16. The van der Waals surface area contributed by atoms with Crippen molar-refractivity contribution >= 4 is 18.6 Å². The molecule has 5 atom stereocenters. The maximum Gasteiger partial charge on any atom is 0.352 e. The molecule has 2 aliphatic rings. The zero-order chi connectivity index (χ0) is 26.3. The van der Waals surface area contributed by atoms with Crippen LogP contribution in [0.1, 0.15) is 71.1 Å². The van der Waals surface area contributed by atoms with Crippen molar-refractivity contribution in [2.24, 2.45) is 5.92 Å². The van der Waals surface area contributed by atoms with Gasteiger partial charge in [-0.2, -0.15) is 0 Å². The Bertz CT molecular complexity index is 835. The van der Waals surface area contributed by atoms with E-state index in [4.69, 9.17) is 9.47 Å². The van der Waals surface area contributed by atoms with E-state index in [0.29, 0.717) is 24.3 Å². The molecule has 2 fully saturated rings. The summed E-state index contributed by atoms with van der Waals surface area (Å²) in [5.41, 5.74) is -7.03. The molecule has 5 unspecified atom stereocenters. The van der Waals surface area contributed by atoms with Crippen LogP contribution in [0.25, 0.3) is 0 Å². The van der Waals surface area contributed by atoms with Gasteiger partial charge in [0.05, 0.1) is 12.5 Å². The quantitative estimate of drug-likeness (QED) is 0.105. The zero-order valence-corrected chi connectivity index (χ0v) is 21.5. The maximum absolute atomic E-state index is 15.8. The third kappa shape index (κ3) is 6.55. The van der Waals surface area contributed by atoms with Crippen LogP contribution in [-0.2, 0) is 9.53 Å². The number of alkyl halides is 5. The molecule has 0 saturated heterocycles. The van der Waals surface area contributed by atoms with Crippen molar-refractivity contribution in [3.05, 3.63) is 30.7 Å². The molecule has 3 nitrogen and oxygen atoms in total. The second-order valence-corrected chi connectivity index (χ2v) is 10.5. The largest absolute Gasteiger partial charge is 0.424 e. The summed E-state index contributed by atoms with van der Waals surface area (Å²) in [6.07, 6.45) is -1.73. The van der Waals surface area contributed by atoms with Gasteiger partial charge in [-0.15, -0.1) is 12.6 Å². The zero-order valence-electron chi connectivity index (χ0n) is 20.6. The molecule has 0 aromatic heterocycles. The lowest BCUT2D eigenvalue weighted by Crippen LogP contribution is -2.68. The average Bonchev–Trinajstić information content (AvgIpc) is 2.87. The monoisotopic (exact) mass is 535 g/mol. The number of rotatable bonds is 11. The fourth-order valence-corrected chi connectivity index (χ4v) is 5.31. The lowest BCUT2D eigenvalue weighted by Gasteiger charge is -2.48. The van der Waals surface area contributed by atoms with Crippen molar-refractivity contribution in [3.63, 3.8) is 0 Å². The average molecular weight is 536 g/mol. The summed E-state index contributed by atoms with van der Waals surface area (Å²) < 4.78 is 86.7. The Balaban J connectivity index is 1.54. The summed E-state index contributed by atoms with van der Waals surface area (Å²) in [4.78, 5) is 12.9. The van der Waals surface area contributed by atoms with Gasteiger partial charge in [-0.1, -0.05) is 39.0 Å². The molecule has 9 heteroatoms. The minimum absolute atomic E-state index is 0.00973. The summed E-state index contributed by atoms with van der Waals surface area (Å²) in [6, 6.07) is 5.41. The Morgan fingerprint density at radius 3 is 2.19 bits per heavy atom. The van der Waals surface area contributed by atoms with E-state index in [0.717, 1.165) is 19.3 Å². The van der Waals surface area contributed by atoms with E-state index in [9.17, 15) is 9.18 Å². The lowest BCUT2D eigenvalue weighted by atomic mass is 9.65. The van der Waals surface area contributed by atoms with Crippen molar-refractivity contribution in [2.75, 3.05) is 6.61 Å². The van der Waals surface area contributed by atoms with Crippen LogP contribution in [0.4, 0.5) is 22.0 Å². The first-order valence-electron chi connectivity index (χ1n) is 12.9. The normalized spacial score (nSPS) is 34.9. The van der Waals surface area contributed by atoms with E-state index in [1.165, 1.54) is 43.5 Å². The predicted octanol–water partition coefficient (Wildman–Crippen LogP) is 7.47. The van der Waals surface area contributed by atoms with Crippen LogP contribution in [-0.4, -0.2) is 48.5 Å². The molecular formula is C27H36F5O3S. The van der Waals surface area contributed by atoms with Crippen LogP contribution in [0.5, 0.6) is 5.75 Å². The maximum atomic E-state index is 15.8. The lowest BCUT2D eigenvalue weighted by molar-refractivity contribution is -0.178. The van der Waals surface area contributed by atoms with Crippen LogP contribution in [0.3, 0.4) is 0 Å². The third-order valence-electron chi connectivity index (χ3n) is 7.40. The van der Waals surface area contributed by atoms with Crippen LogP contribution >= 0.6 is 12.6 Å². The van der Waals surface area contributed by atoms with Gasteiger partial charge in [0, 0.05) is 11.5 Å². The Labute approximate surface area is 215 Å². The summed E-state index contributed by atoms with van der Waals surface area (Å²) in [7, 11) is 0. The molecule has 1 radical (unpaired) electrons. The minimum Gasteiger partial charge on any atom is -0.424 e. The smallest absolute Gasteiger partial charge is 0.352 e. The number of benzene rings is 1. The van der Waals surface area contributed by atoms with Crippen molar-refractivity contribution in [3.8, 4) is 5.75 Å². The number of hydrogen-bond acceptors (Lipinski definition) is 4. The van der Waals surface area contributed by atoms with Crippen molar-refractivity contribution in [1.29, 1.82) is 0 Å². The second-order valence-electron chi connectivity index (χ2n) is 9.96. The van der Waals surface area contributed by atoms with Crippen molar-refractivity contribution in [2.45, 2.75) is 112 Å². The summed E-state index contributed by atoms with van der Waals surface area (Å²) >= 11 is 4.06. The molecule has 0 bridgehead atoms. The highest BCUT2D eigenvalue weighted by atomic mass is 32.1. The summed E-state index contributed by atoms with van der Waals surface area (Å²) in [6.45, 7) is 2.73. The van der Waals surface area contributed by atoms with Crippen LogP contribution < -0.4 is 4.74 Å². The number of thiol groups is 1. The number of ether oxygens (including phenoxy) is 2. The van der Waals surface area contributed by atoms with Gasteiger partial charge < -0.3 is 9.47 Å². The van der Waals surface area contributed by atoms with E-state index < -0.39 is 41.7 Å². The first kappa shape index (κ1) is 29.2. The first-order chi connectivity index (χ1) is 17.1. The number of unbranched alkanes of at least 4 members (excludes halogenated alkanes) is 5. The van der Waals surface area contributed by atoms with Crippen LogP contribution in [0.2, 0.25) is 0 Å². The Hall–Kier alpha value is -1.35. The number of carbonyl (C=O) groups excluding carboxylic acids is 1. The highest BCUT2D eigenvalue weighted by Crippen LogP contribution is 2.52. The highest BCUT2D eigenvalue weighted by Gasteiger charge is 2.70. The SMILES string of the molecule is CCCCCCCCO[C@H]1CC[C@H](C2(F)C(F)[CH]C(F)(C(=O)Oc3ccc(S)cc3)C(F)C2F)CC1. The van der Waals surface area contributed by atoms with Gasteiger partial charge in [0.1, 0.15) is 11.9 Å². The van der Waals surface area contributed by atoms with E-state index in [-0.39, 0.29) is 31.1 Å². The van der Waals surface area contributed by atoms with E-state index in [1.54, 1.807) is 0 Å². The minimum atomic E-state index is -3.76. The van der Waals surface area contributed by atoms with Gasteiger partial charge in [0.25, 0.3) is 0 Å². The highest BCUT2D eigenvalue weighted by molar-refractivity contribution is 7.80. The topological polar surface area (TPSA) is 35.5 Å². The van der Waals surface area contributed by atoms with Gasteiger partial charge in [-0.3, -0.25) is 0 Å². The van der Waals surface area contributed by atoms with Gasteiger partial charge in [0.15, 0.2) is 18.0 Å². The van der Waals surface area contributed by atoms with Gasteiger partial charge >= 0.3 is 5.97 Å². The molecule has 3 rings (SSSR count). The molecule has 1 aromatic carbocycles. The summed E-state index contributed by atoms with van der Waals surface area (Å²) in [5, 5.41) is 0. The number of halogens is 5. The third-order valence-corrected chi connectivity index (χ3v) is 7.70. The first-order valence-corrected chi connectivity index (χ1v) is 13.4. The molecule has 203 valence electrons. The molecular weight excluding hydrogens is 499 g/mol. The number of esters is 1. The molecule has 0 N–H and O–H groups in total. The van der Waals surface area contributed by atoms with Gasteiger partial charge in [-0.05, 0) is 62.3 Å². The predicted molar refractivity (Wildman–Crippen MR) is 131 cm³/mol. The molecule has 1 aromatic rings. The van der Waals surface area contributed by atoms with E-state index in [2.05, 4.69) is 19.6 Å². The van der Waals surface area contributed by atoms with Crippen molar-refractivity contribution in [1.82, 2.24) is 0 Å². The number of hydrogen-bond donors (Lipinski definition) is 1. The van der Waals surface area contributed by atoms with Crippen LogP contribution in [0, 0.1) is 12.3 Å². The molecule has 2 saturated carbocycles. The Morgan fingerprint density at radius 1 is 0.944 bits per heavy atom. The molecule has 0 amide bonds. The Morgan fingerprint density at radius 2 is 1.56 bits per heavy atom.